The van der Waals surface area contributed by atoms with Crippen molar-refractivity contribution < 1.29 is 28.6 Å². The van der Waals surface area contributed by atoms with E-state index in [1.165, 1.54) is 0 Å². The molecular formula is C30H42N4O6. The number of Topliss-reactive ketones (excluding diaryl/α,β-unsaturated/α-hetero) is 1. The smallest absolute Gasteiger partial charge is 0.444 e. The molecule has 10 nitrogen and oxygen atoms in total. The first-order valence-corrected chi connectivity index (χ1v) is 13.9. The second kappa shape index (κ2) is 11.4. The molecule has 1 aromatic heterocycles. The van der Waals surface area contributed by atoms with Crippen molar-refractivity contribution in [3.63, 3.8) is 0 Å². The number of carbonyl (C=O) groups is 3. The molecule has 218 valence electrons. The third-order valence-corrected chi connectivity index (χ3v) is 7.50. The van der Waals surface area contributed by atoms with E-state index in [0.29, 0.717) is 13.0 Å². The maximum absolute atomic E-state index is 13.5. The Hall–Kier alpha value is -3.69. The lowest BCUT2D eigenvalue weighted by Gasteiger charge is -2.33. The number of nitrogens with zero attached hydrogens (tertiary/aromatic N) is 3. The lowest BCUT2D eigenvalue weighted by Crippen LogP contribution is -2.42. The van der Waals surface area contributed by atoms with Crippen molar-refractivity contribution >= 4 is 28.9 Å². The van der Waals surface area contributed by atoms with E-state index in [4.69, 9.17) is 14.2 Å². The van der Waals surface area contributed by atoms with Gasteiger partial charge in [-0.15, -0.1) is 0 Å². The Kier molecular flexibility index (Phi) is 8.37. The summed E-state index contributed by atoms with van der Waals surface area (Å²) in [6, 6.07) is 8.08. The standard InChI is InChI=1S/C30H42N4O6/c1-20-33(18-21-12-13-24-25(26(21)35)22-10-8-9-11-23(22)32(24)7)16-17-34(20)19-38-28(37)40-30(5,6)14-15-31-27(36)39-29(2,3)4/h8-11,16-17,20-21H,12-15,18-19H2,1-7H3,(H,31,36). The van der Waals surface area contributed by atoms with Crippen LogP contribution in [0.4, 0.5) is 9.59 Å². The van der Waals surface area contributed by atoms with Gasteiger partial charge in [0.2, 0.25) is 0 Å². The van der Waals surface area contributed by atoms with Crippen LogP contribution < -0.4 is 5.32 Å². The molecule has 4 rings (SSSR count). The summed E-state index contributed by atoms with van der Waals surface area (Å²) in [6.07, 6.45) is 4.48. The van der Waals surface area contributed by atoms with Crippen LogP contribution in [0, 0.1) is 5.92 Å². The fraction of sp³-hybridized carbons (Fsp3) is 0.567. The number of nitrogens with one attached hydrogen (secondary N) is 1. The van der Waals surface area contributed by atoms with Crippen LogP contribution in [0.3, 0.4) is 0 Å². The van der Waals surface area contributed by atoms with Gasteiger partial charge in [0.05, 0.1) is 0 Å². The van der Waals surface area contributed by atoms with Crippen LogP contribution in [0.5, 0.6) is 0 Å². The summed E-state index contributed by atoms with van der Waals surface area (Å²) >= 11 is 0. The Morgan fingerprint density at radius 2 is 1.75 bits per heavy atom. The molecule has 2 aliphatic rings. The second-order valence-corrected chi connectivity index (χ2v) is 12.2. The molecule has 0 spiro atoms. The van der Waals surface area contributed by atoms with E-state index < -0.39 is 23.5 Å². The van der Waals surface area contributed by atoms with Crippen LogP contribution in [0.15, 0.2) is 36.7 Å². The van der Waals surface area contributed by atoms with Crippen LogP contribution in [0.2, 0.25) is 0 Å². The normalized spacial score (nSPS) is 19.1. The fourth-order valence-corrected chi connectivity index (χ4v) is 5.28. The van der Waals surface area contributed by atoms with Gasteiger partial charge in [-0.1, -0.05) is 18.2 Å². The van der Waals surface area contributed by atoms with Gasteiger partial charge in [-0.2, -0.15) is 0 Å². The zero-order chi connectivity index (χ0) is 29.2. The number of aromatic nitrogens is 1. The molecular weight excluding hydrogens is 512 g/mol. The number of hydrogen-bond acceptors (Lipinski definition) is 8. The van der Waals surface area contributed by atoms with Crippen LogP contribution in [-0.2, 0) is 27.7 Å². The summed E-state index contributed by atoms with van der Waals surface area (Å²) in [5.74, 6) is 0.0895. The lowest BCUT2D eigenvalue weighted by atomic mass is 9.84. The molecule has 0 bridgehead atoms. The number of ketones is 1. The molecule has 1 aliphatic carbocycles. The van der Waals surface area contributed by atoms with E-state index in [-0.39, 0.29) is 31.1 Å². The Bertz CT molecular complexity index is 1290. The maximum Gasteiger partial charge on any atom is 0.510 e. The zero-order valence-corrected chi connectivity index (χ0v) is 24.7. The van der Waals surface area contributed by atoms with Gasteiger partial charge < -0.3 is 33.9 Å². The van der Waals surface area contributed by atoms with E-state index in [9.17, 15) is 14.4 Å². The van der Waals surface area contributed by atoms with Crippen molar-refractivity contribution in [3.8, 4) is 0 Å². The minimum absolute atomic E-state index is 0.0192. The van der Waals surface area contributed by atoms with Crippen molar-refractivity contribution in [2.24, 2.45) is 13.0 Å². The number of rotatable bonds is 8. The minimum Gasteiger partial charge on any atom is -0.444 e. The lowest BCUT2D eigenvalue weighted by molar-refractivity contribution is -0.0420. The number of ether oxygens (including phenoxy) is 3. The number of carbonyl (C=O) groups excluding carboxylic acids is 3. The summed E-state index contributed by atoms with van der Waals surface area (Å²) in [5.41, 5.74) is 1.64. The van der Waals surface area contributed by atoms with Crippen LogP contribution in [-0.4, -0.2) is 69.6 Å². The highest BCUT2D eigenvalue weighted by molar-refractivity contribution is 6.11. The molecule has 1 aromatic carbocycles. The number of aryl methyl sites for hydroxylation is 1. The molecule has 0 saturated heterocycles. The first-order chi connectivity index (χ1) is 18.8. The number of hydrogen-bond donors (Lipinski definition) is 1. The highest BCUT2D eigenvalue weighted by Gasteiger charge is 2.35. The van der Waals surface area contributed by atoms with E-state index in [1.54, 1.807) is 34.6 Å². The highest BCUT2D eigenvalue weighted by Crippen LogP contribution is 2.34. The molecule has 0 saturated carbocycles. The van der Waals surface area contributed by atoms with Gasteiger partial charge in [0.25, 0.3) is 0 Å². The third kappa shape index (κ3) is 6.71. The average molecular weight is 555 g/mol. The van der Waals surface area contributed by atoms with E-state index in [2.05, 4.69) is 20.9 Å². The summed E-state index contributed by atoms with van der Waals surface area (Å²) in [5, 5.41) is 3.69. The Morgan fingerprint density at radius 3 is 2.48 bits per heavy atom. The van der Waals surface area contributed by atoms with Crippen molar-refractivity contribution in [3.05, 3.63) is 47.9 Å². The molecule has 2 heterocycles. The summed E-state index contributed by atoms with van der Waals surface area (Å²) < 4.78 is 18.2. The van der Waals surface area contributed by atoms with Gasteiger partial charge in [0, 0.05) is 67.0 Å². The molecule has 0 radical (unpaired) electrons. The predicted octanol–water partition coefficient (Wildman–Crippen LogP) is 5.16. The van der Waals surface area contributed by atoms with Crippen LogP contribution >= 0.6 is 0 Å². The Labute approximate surface area is 236 Å². The van der Waals surface area contributed by atoms with Crippen molar-refractivity contribution in [1.82, 2.24) is 19.7 Å². The topological polar surface area (TPSA) is 102 Å². The molecule has 1 N–H and O–H groups in total. The molecule has 2 unspecified atom stereocenters. The summed E-state index contributed by atoms with van der Waals surface area (Å²) in [4.78, 5) is 41.8. The molecule has 0 fully saturated rings. The molecule has 10 heteroatoms. The van der Waals surface area contributed by atoms with Crippen LogP contribution in [0.25, 0.3) is 10.9 Å². The van der Waals surface area contributed by atoms with E-state index >= 15 is 0 Å². The largest absolute Gasteiger partial charge is 0.510 e. The van der Waals surface area contributed by atoms with Crippen LogP contribution in [0.1, 0.15) is 70.4 Å². The van der Waals surface area contributed by atoms with Gasteiger partial charge in [0.1, 0.15) is 17.4 Å². The Balaban J connectivity index is 1.24. The molecule has 2 atom stereocenters. The van der Waals surface area contributed by atoms with Gasteiger partial charge in [-0.25, -0.2) is 9.59 Å². The van der Waals surface area contributed by atoms with Gasteiger partial charge in [0.15, 0.2) is 12.5 Å². The number of benzene rings is 1. The first kappa shape index (κ1) is 29.3. The van der Waals surface area contributed by atoms with E-state index in [1.807, 2.05) is 49.5 Å². The van der Waals surface area contributed by atoms with E-state index in [0.717, 1.165) is 35.0 Å². The van der Waals surface area contributed by atoms with Gasteiger partial charge in [-0.3, -0.25) is 4.79 Å². The third-order valence-electron chi connectivity index (χ3n) is 7.50. The quantitative estimate of drug-likeness (QED) is 0.447. The fourth-order valence-electron chi connectivity index (χ4n) is 5.28. The minimum atomic E-state index is -0.841. The maximum atomic E-state index is 13.5. The predicted molar refractivity (Wildman–Crippen MR) is 152 cm³/mol. The molecule has 1 amide bonds. The van der Waals surface area contributed by atoms with Gasteiger partial charge >= 0.3 is 12.2 Å². The van der Waals surface area contributed by atoms with Crippen molar-refractivity contribution in [1.29, 1.82) is 0 Å². The number of para-hydroxylation sites is 1. The molecule has 2 aromatic rings. The van der Waals surface area contributed by atoms with Crippen molar-refractivity contribution in [2.75, 3.05) is 19.8 Å². The number of amides is 1. The second-order valence-electron chi connectivity index (χ2n) is 12.2. The monoisotopic (exact) mass is 554 g/mol. The summed E-state index contributed by atoms with van der Waals surface area (Å²) in [7, 11) is 2.03. The molecule has 40 heavy (non-hydrogen) atoms. The highest BCUT2D eigenvalue weighted by atomic mass is 16.7. The summed E-state index contributed by atoms with van der Waals surface area (Å²) in [6.45, 7) is 11.8. The number of alkyl carbamates (subject to hydrolysis) is 1. The molecule has 1 aliphatic heterocycles. The number of fused-ring (bicyclic) bond motifs is 3. The van der Waals surface area contributed by atoms with Gasteiger partial charge in [-0.05, 0) is 60.5 Å². The van der Waals surface area contributed by atoms with Crippen molar-refractivity contribution in [2.45, 2.75) is 78.2 Å². The Morgan fingerprint density at radius 1 is 1.05 bits per heavy atom. The SMILES string of the molecule is CC1N(COC(=O)OC(C)(C)CCNC(=O)OC(C)(C)C)C=CN1CC1CCc2c(c3ccccc3n2C)C1=O. The zero-order valence-electron chi connectivity index (χ0n) is 24.7. The first-order valence-electron chi connectivity index (χ1n) is 13.9. The average Bonchev–Trinajstić information content (AvgIpc) is 3.35.